The van der Waals surface area contributed by atoms with Gasteiger partial charge in [-0.15, -0.1) is 0 Å². The van der Waals surface area contributed by atoms with Gasteiger partial charge in [-0.3, -0.25) is 58.1 Å². The number of aliphatic imine (C=N–C) groups is 3. The number of guanidine groups is 3. The van der Waals surface area contributed by atoms with Crippen molar-refractivity contribution in [1.29, 1.82) is 0 Å². The summed E-state index contributed by atoms with van der Waals surface area (Å²) in [4.78, 5) is 132. The summed E-state index contributed by atoms with van der Waals surface area (Å²) in [5, 5.41) is 27.7. The monoisotopic (exact) mass is 1210 g/mol. The van der Waals surface area contributed by atoms with Gasteiger partial charge in [0, 0.05) is 48.8 Å². The molecule has 468 valence electrons. The number of carbonyl (C=O) groups is 9. The van der Waals surface area contributed by atoms with Crippen LogP contribution in [0.25, 0.3) is 0 Å². The van der Waals surface area contributed by atoms with E-state index in [4.69, 9.17) is 69.9 Å². The van der Waals surface area contributed by atoms with Crippen LogP contribution in [0.5, 0.6) is 23.0 Å². The maximum atomic E-state index is 14.3. The van der Waals surface area contributed by atoms with E-state index in [1.54, 1.807) is 0 Å². The Morgan fingerprint density at radius 1 is 0.425 bits per heavy atom. The summed E-state index contributed by atoms with van der Waals surface area (Å²) in [7, 11) is 5.22. The molecule has 4 aromatic carbocycles. The fourth-order valence-corrected chi connectivity index (χ4v) is 8.23. The second-order valence-corrected chi connectivity index (χ2v) is 18.9. The van der Waals surface area contributed by atoms with Crippen molar-refractivity contribution in [3.8, 4) is 23.0 Å². The van der Waals surface area contributed by atoms with Crippen molar-refractivity contribution < 1.29 is 67.2 Å². The van der Waals surface area contributed by atoms with Crippen LogP contribution in [0.15, 0.2) is 87.8 Å². The van der Waals surface area contributed by atoms with Crippen LogP contribution in [0.3, 0.4) is 0 Å². The molecule has 0 aliphatic rings. The van der Waals surface area contributed by atoms with Crippen LogP contribution in [0.2, 0.25) is 0 Å². The van der Waals surface area contributed by atoms with Crippen molar-refractivity contribution in [1.82, 2.24) is 16.0 Å². The number of aliphatic carboxylic acids is 1. The van der Waals surface area contributed by atoms with E-state index in [2.05, 4.69) is 52.2 Å². The molecule has 0 aromatic heterocycles. The van der Waals surface area contributed by atoms with Gasteiger partial charge in [0.25, 0.3) is 23.6 Å². The van der Waals surface area contributed by atoms with Crippen LogP contribution < -0.4 is 102 Å². The topological polar surface area (TPSA) is 540 Å². The standard InChI is InChI=1S/C55H74N18O14/c1-84-40-16-11-28(24-32(40)45(57)76)68-50(81)37(8-5-21-64-53(58)59)71-47(78)34-26-30(13-18-42(34)86-3)70-52(83)39(10-7-23-66-55(62)63)73-48(79)35-27-31(14-19-43(35)87-4)69-51(82)38(9-6-22-65-54(60)61)72-46(77)33-25-29(12-17-41(33)85-2)67-49(80)36(56)15-20-44(74)75/h11-14,16-19,24-27,36-39H,5-10,15,20-23,56H2,1-4H3,(H2,57,76)(H,67,80)(H,68,81)(H,69,82)(H,70,83)(H,71,78)(H,72,77)(H,73,79)(H,74,75)(H4,58,59,64)(H4,60,61,65)(H4,62,63,66). The minimum absolute atomic E-state index is 0.0152. The zero-order chi connectivity index (χ0) is 64.3. The summed E-state index contributed by atoms with van der Waals surface area (Å²) in [6.07, 6.45) is -0.0100. The number of carboxylic acid groups (broad SMARTS) is 1. The van der Waals surface area contributed by atoms with Crippen molar-refractivity contribution in [3.63, 3.8) is 0 Å². The van der Waals surface area contributed by atoms with Gasteiger partial charge in [0.1, 0.15) is 41.1 Å². The third kappa shape index (κ3) is 22.0. The number of primary amides is 1. The van der Waals surface area contributed by atoms with E-state index < -0.39 is 77.4 Å². The number of carboxylic acids is 1. The number of nitrogens with one attached hydrogen (secondary N) is 7. The number of ether oxygens (including phenoxy) is 4. The Kier molecular flexibility index (Phi) is 26.8. The van der Waals surface area contributed by atoms with Gasteiger partial charge in [-0.2, -0.15) is 0 Å². The highest BCUT2D eigenvalue weighted by molar-refractivity contribution is 6.08. The van der Waals surface area contributed by atoms with Gasteiger partial charge < -0.3 is 107 Å². The molecule has 4 unspecified atom stereocenters. The lowest BCUT2D eigenvalue weighted by atomic mass is 10.1. The molecule has 4 atom stereocenters. The number of carbonyl (C=O) groups excluding carboxylic acids is 8. The molecule has 8 amide bonds. The van der Waals surface area contributed by atoms with Gasteiger partial charge in [-0.05, 0) is 118 Å². The summed E-state index contributed by atoms with van der Waals surface area (Å²) in [5.41, 5.74) is 44.5. The number of nitrogens with two attached hydrogens (primary N) is 8. The van der Waals surface area contributed by atoms with Gasteiger partial charge in [0.15, 0.2) is 17.9 Å². The highest BCUT2D eigenvalue weighted by Gasteiger charge is 2.29. The van der Waals surface area contributed by atoms with Crippen molar-refractivity contribution in [3.05, 3.63) is 95.1 Å². The Morgan fingerprint density at radius 3 is 0.966 bits per heavy atom. The lowest BCUT2D eigenvalue weighted by Gasteiger charge is -2.21. The summed E-state index contributed by atoms with van der Waals surface area (Å²) >= 11 is 0. The lowest BCUT2D eigenvalue weighted by molar-refractivity contribution is -0.137. The van der Waals surface area contributed by atoms with Crippen LogP contribution in [0, 0.1) is 0 Å². The Morgan fingerprint density at radius 2 is 0.701 bits per heavy atom. The second kappa shape index (κ2) is 34.0. The van der Waals surface area contributed by atoms with Crippen LogP contribution in [-0.4, -0.2) is 148 Å². The number of amides is 8. The first-order chi connectivity index (χ1) is 41.4. The zero-order valence-corrected chi connectivity index (χ0v) is 48.2. The Bertz CT molecular complexity index is 3240. The Labute approximate surface area is 499 Å². The van der Waals surface area contributed by atoms with E-state index in [-0.39, 0.29) is 157 Å². The highest BCUT2D eigenvalue weighted by Crippen LogP contribution is 2.28. The average Bonchev–Trinajstić information content (AvgIpc) is 1.57. The molecular formula is C55H74N18O14. The second-order valence-electron chi connectivity index (χ2n) is 18.9. The third-order valence-electron chi connectivity index (χ3n) is 12.6. The summed E-state index contributed by atoms with van der Waals surface area (Å²) in [5.74, 6) is -7.74. The first-order valence-electron chi connectivity index (χ1n) is 26.7. The van der Waals surface area contributed by atoms with Crippen LogP contribution in [0.1, 0.15) is 92.8 Å². The molecule has 0 aliphatic heterocycles. The normalized spacial score (nSPS) is 11.9. The predicted octanol–water partition coefficient (Wildman–Crippen LogP) is -0.677. The van der Waals surface area contributed by atoms with Gasteiger partial charge >= 0.3 is 5.97 Å². The van der Waals surface area contributed by atoms with Crippen molar-refractivity contribution in [2.24, 2.45) is 60.8 Å². The molecule has 4 rings (SSSR count). The summed E-state index contributed by atoms with van der Waals surface area (Å²) in [6, 6.07) is 11.4. The lowest BCUT2D eigenvalue weighted by Crippen LogP contribution is -2.44. The molecule has 87 heavy (non-hydrogen) atoms. The molecule has 0 radical (unpaired) electrons. The van der Waals surface area contributed by atoms with Crippen molar-refractivity contribution in [2.75, 3.05) is 69.3 Å². The zero-order valence-electron chi connectivity index (χ0n) is 48.2. The molecule has 0 spiro atoms. The molecule has 0 saturated heterocycles. The quantitative estimate of drug-likeness (QED) is 0.0157. The average molecular weight is 1210 g/mol. The van der Waals surface area contributed by atoms with E-state index >= 15 is 0 Å². The number of hydrogen-bond acceptors (Lipinski definition) is 17. The van der Waals surface area contributed by atoms with E-state index in [9.17, 15) is 43.2 Å². The number of anilines is 4. The molecule has 32 heteroatoms. The molecular weight excluding hydrogens is 1140 g/mol. The van der Waals surface area contributed by atoms with Crippen LogP contribution in [-0.2, 0) is 24.0 Å². The fraction of sp³-hybridized carbons (Fsp3) is 0.345. The van der Waals surface area contributed by atoms with Crippen molar-refractivity contribution in [2.45, 2.75) is 75.5 Å². The Hall–Kier alpha value is -10.9. The minimum atomic E-state index is -1.33. The first kappa shape index (κ1) is 68.6. The molecule has 0 saturated carbocycles. The van der Waals surface area contributed by atoms with Gasteiger partial charge in [0.05, 0.1) is 56.7 Å². The van der Waals surface area contributed by atoms with E-state index in [1.807, 2.05) is 0 Å². The fourth-order valence-electron chi connectivity index (χ4n) is 8.23. The number of rotatable bonds is 34. The van der Waals surface area contributed by atoms with Gasteiger partial charge in [-0.1, -0.05) is 0 Å². The third-order valence-corrected chi connectivity index (χ3v) is 12.6. The van der Waals surface area contributed by atoms with Crippen molar-refractivity contribution >= 4 is 93.9 Å². The summed E-state index contributed by atoms with van der Waals surface area (Å²) < 4.78 is 21.6. The molecule has 0 bridgehead atoms. The van der Waals surface area contributed by atoms with E-state index in [0.29, 0.717) is 0 Å². The SMILES string of the molecule is COc1ccc(NC(=O)C(CCCN=C(N)N)NC(=O)c2cc(NC(=O)C(CCCN=C(N)N)NC(=O)c3cc(NC(=O)C(CCCN=C(N)N)NC(=O)c4cc(NC(=O)C(N)CCC(=O)O)ccc4OC)ccc3OC)ccc2OC)cc1C(N)=O. The first-order valence-corrected chi connectivity index (χ1v) is 26.7. The maximum absolute atomic E-state index is 14.3. The van der Waals surface area contributed by atoms with Crippen LogP contribution in [0.4, 0.5) is 22.7 Å². The number of methoxy groups -OCH3 is 4. The largest absolute Gasteiger partial charge is 0.496 e. The predicted molar refractivity (Wildman–Crippen MR) is 323 cm³/mol. The number of hydrogen-bond donors (Lipinski definition) is 16. The Balaban J connectivity index is 1.61. The molecule has 32 nitrogen and oxygen atoms in total. The van der Waals surface area contributed by atoms with Gasteiger partial charge in [-0.25, -0.2) is 0 Å². The van der Waals surface area contributed by atoms with Gasteiger partial charge in [0.2, 0.25) is 23.6 Å². The van der Waals surface area contributed by atoms with E-state index in [0.717, 1.165) is 0 Å². The highest BCUT2D eigenvalue weighted by atomic mass is 16.5. The van der Waals surface area contributed by atoms with E-state index in [1.165, 1.54) is 101 Å². The molecule has 0 aliphatic carbocycles. The number of nitrogens with zero attached hydrogens (tertiary/aromatic N) is 3. The maximum Gasteiger partial charge on any atom is 0.303 e. The smallest absolute Gasteiger partial charge is 0.303 e. The van der Waals surface area contributed by atoms with Crippen LogP contribution >= 0.6 is 0 Å². The molecule has 0 heterocycles. The minimum Gasteiger partial charge on any atom is -0.496 e. The molecule has 0 fully saturated rings. The number of benzene rings is 4. The summed E-state index contributed by atoms with van der Waals surface area (Å²) in [6.45, 7) is 0.218. The molecule has 4 aromatic rings. The molecule has 24 N–H and O–H groups in total.